The maximum atomic E-state index is 11.8. The number of carbonyl (C=O) groups is 2. The van der Waals surface area contributed by atoms with Crippen molar-refractivity contribution < 1.29 is 19.1 Å². The molecule has 120 valence electrons. The molecule has 0 spiro atoms. The van der Waals surface area contributed by atoms with E-state index in [-0.39, 0.29) is 24.3 Å². The smallest absolute Gasteiger partial charge is 0.276 e. The molecule has 0 aromatic heterocycles. The van der Waals surface area contributed by atoms with Gasteiger partial charge in [0.25, 0.3) is 5.91 Å². The first kappa shape index (κ1) is 16.3. The van der Waals surface area contributed by atoms with Crippen LogP contribution in [0.3, 0.4) is 0 Å². The number of hydrazine groups is 1. The van der Waals surface area contributed by atoms with E-state index in [0.29, 0.717) is 31.8 Å². The fourth-order valence-corrected chi connectivity index (χ4v) is 2.39. The minimum absolute atomic E-state index is 0.102. The van der Waals surface area contributed by atoms with Crippen molar-refractivity contribution in [2.45, 2.75) is 26.7 Å². The monoisotopic (exact) mass is 306 g/mol. The first-order valence-electron chi connectivity index (χ1n) is 7.42. The molecule has 0 bridgehead atoms. The lowest BCUT2D eigenvalue weighted by molar-refractivity contribution is -0.133. The zero-order chi connectivity index (χ0) is 15.9. The Morgan fingerprint density at radius 2 is 1.77 bits per heavy atom. The molecule has 22 heavy (non-hydrogen) atoms. The number of ether oxygens (including phenoxy) is 2. The Morgan fingerprint density at radius 3 is 2.41 bits per heavy atom. The molecule has 2 rings (SSSR count). The summed E-state index contributed by atoms with van der Waals surface area (Å²) in [4.78, 5) is 23.5. The molecule has 0 unspecified atom stereocenters. The van der Waals surface area contributed by atoms with Gasteiger partial charge in [0.1, 0.15) is 5.75 Å². The molecule has 1 aliphatic rings. The number of hydrogen-bond acceptors (Lipinski definition) is 4. The highest BCUT2D eigenvalue weighted by atomic mass is 16.5. The van der Waals surface area contributed by atoms with E-state index in [1.54, 1.807) is 0 Å². The Balaban J connectivity index is 1.72. The molecule has 1 heterocycles. The third-order valence-electron chi connectivity index (χ3n) is 3.48. The second-order valence-electron chi connectivity index (χ2n) is 5.54. The summed E-state index contributed by atoms with van der Waals surface area (Å²) in [7, 11) is 0. The van der Waals surface area contributed by atoms with Crippen LogP contribution in [0.5, 0.6) is 5.75 Å². The molecule has 1 saturated heterocycles. The number of rotatable bonds is 4. The summed E-state index contributed by atoms with van der Waals surface area (Å²) < 4.78 is 10.6. The quantitative estimate of drug-likeness (QED) is 0.821. The van der Waals surface area contributed by atoms with E-state index in [0.717, 1.165) is 11.1 Å². The number of hydrogen-bond donors (Lipinski definition) is 2. The molecular formula is C16H22N2O4. The molecule has 1 fully saturated rings. The standard InChI is InChI=1S/C16H22N2O4/c1-11-7-12(2)9-14(8-11)22-10-15(19)17-18-16(20)13-3-5-21-6-4-13/h7-9,13H,3-6,10H2,1-2H3,(H,17,19)(H,18,20). The molecular weight excluding hydrogens is 284 g/mol. The molecule has 6 nitrogen and oxygen atoms in total. The minimum atomic E-state index is -0.389. The molecule has 1 aliphatic heterocycles. The molecule has 1 aromatic carbocycles. The fraction of sp³-hybridized carbons (Fsp3) is 0.500. The predicted molar refractivity (Wildman–Crippen MR) is 81.2 cm³/mol. The average Bonchev–Trinajstić information content (AvgIpc) is 2.50. The molecule has 1 aromatic rings. The molecule has 2 amide bonds. The first-order chi connectivity index (χ1) is 10.5. The molecule has 6 heteroatoms. The lowest BCUT2D eigenvalue weighted by atomic mass is 10.00. The maximum absolute atomic E-state index is 11.8. The van der Waals surface area contributed by atoms with Gasteiger partial charge in [-0.2, -0.15) is 0 Å². The summed E-state index contributed by atoms with van der Waals surface area (Å²) in [5.41, 5.74) is 6.96. The van der Waals surface area contributed by atoms with Gasteiger partial charge in [-0.25, -0.2) is 0 Å². The van der Waals surface area contributed by atoms with Crippen molar-refractivity contribution in [2.75, 3.05) is 19.8 Å². The Morgan fingerprint density at radius 1 is 1.14 bits per heavy atom. The van der Waals surface area contributed by atoms with Gasteiger partial charge in [0.2, 0.25) is 5.91 Å². The van der Waals surface area contributed by atoms with Crippen molar-refractivity contribution in [3.05, 3.63) is 29.3 Å². The predicted octanol–water partition coefficient (Wildman–Crippen LogP) is 1.26. The van der Waals surface area contributed by atoms with Crippen molar-refractivity contribution in [3.63, 3.8) is 0 Å². The third kappa shape index (κ3) is 5.04. The normalized spacial score (nSPS) is 15.2. The van der Waals surface area contributed by atoms with Crippen LogP contribution in [0.4, 0.5) is 0 Å². The van der Waals surface area contributed by atoms with E-state index in [9.17, 15) is 9.59 Å². The van der Waals surface area contributed by atoms with Gasteiger partial charge in [-0.1, -0.05) is 6.07 Å². The Bertz CT molecular complexity index is 519. The zero-order valence-electron chi connectivity index (χ0n) is 13.0. The van der Waals surface area contributed by atoms with E-state index < -0.39 is 0 Å². The van der Waals surface area contributed by atoms with Crippen LogP contribution >= 0.6 is 0 Å². The Labute approximate surface area is 130 Å². The van der Waals surface area contributed by atoms with Crippen LogP contribution in [0, 0.1) is 19.8 Å². The van der Waals surface area contributed by atoms with E-state index in [4.69, 9.17) is 9.47 Å². The van der Waals surface area contributed by atoms with Crippen LogP contribution < -0.4 is 15.6 Å². The van der Waals surface area contributed by atoms with Gasteiger partial charge < -0.3 is 9.47 Å². The number of nitrogens with one attached hydrogen (secondary N) is 2. The summed E-state index contributed by atoms with van der Waals surface area (Å²) in [6.07, 6.45) is 1.36. The van der Waals surface area contributed by atoms with Gasteiger partial charge >= 0.3 is 0 Å². The summed E-state index contributed by atoms with van der Waals surface area (Å²) >= 11 is 0. The summed E-state index contributed by atoms with van der Waals surface area (Å²) in [5.74, 6) is -0.0274. The molecule has 0 atom stereocenters. The van der Waals surface area contributed by atoms with Gasteiger partial charge in [0, 0.05) is 19.1 Å². The van der Waals surface area contributed by atoms with Crippen LogP contribution in [0.25, 0.3) is 0 Å². The number of benzene rings is 1. The van der Waals surface area contributed by atoms with E-state index in [2.05, 4.69) is 10.9 Å². The summed E-state index contributed by atoms with van der Waals surface area (Å²) in [5, 5.41) is 0. The lowest BCUT2D eigenvalue weighted by Crippen LogP contribution is -2.47. The number of aryl methyl sites for hydroxylation is 2. The SMILES string of the molecule is Cc1cc(C)cc(OCC(=O)NNC(=O)C2CCOCC2)c1. The summed E-state index contributed by atoms with van der Waals surface area (Å²) in [6.45, 7) is 4.96. The van der Waals surface area contributed by atoms with Gasteiger partial charge in [-0.15, -0.1) is 0 Å². The number of amides is 2. The third-order valence-corrected chi connectivity index (χ3v) is 3.48. The van der Waals surface area contributed by atoms with Crippen LogP contribution in [-0.4, -0.2) is 31.6 Å². The number of carbonyl (C=O) groups excluding carboxylic acids is 2. The minimum Gasteiger partial charge on any atom is -0.484 e. The zero-order valence-corrected chi connectivity index (χ0v) is 13.0. The van der Waals surface area contributed by atoms with Crippen molar-refractivity contribution in [1.29, 1.82) is 0 Å². The highest BCUT2D eigenvalue weighted by molar-refractivity contribution is 5.84. The Kier molecular flexibility index (Phi) is 5.77. The molecule has 0 radical (unpaired) electrons. The second kappa shape index (κ2) is 7.79. The first-order valence-corrected chi connectivity index (χ1v) is 7.42. The largest absolute Gasteiger partial charge is 0.484 e. The highest BCUT2D eigenvalue weighted by Crippen LogP contribution is 2.16. The van der Waals surface area contributed by atoms with E-state index in [1.165, 1.54) is 0 Å². The second-order valence-corrected chi connectivity index (χ2v) is 5.54. The van der Waals surface area contributed by atoms with Crippen molar-refractivity contribution in [2.24, 2.45) is 5.92 Å². The maximum Gasteiger partial charge on any atom is 0.276 e. The molecule has 0 aliphatic carbocycles. The van der Waals surface area contributed by atoms with Crippen LogP contribution in [0.2, 0.25) is 0 Å². The van der Waals surface area contributed by atoms with Gasteiger partial charge in [0.15, 0.2) is 6.61 Å². The van der Waals surface area contributed by atoms with E-state index >= 15 is 0 Å². The van der Waals surface area contributed by atoms with E-state index in [1.807, 2.05) is 32.0 Å². The van der Waals surface area contributed by atoms with Crippen LogP contribution in [0.15, 0.2) is 18.2 Å². The van der Waals surface area contributed by atoms with Gasteiger partial charge in [-0.3, -0.25) is 20.4 Å². The van der Waals surface area contributed by atoms with Crippen molar-refractivity contribution in [3.8, 4) is 5.75 Å². The van der Waals surface area contributed by atoms with Crippen molar-refractivity contribution in [1.82, 2.24) is 10.9 Å². The van der Waals surface area contributed by atoms with Gasteiger partial charge in [0.05, 0.1) is 0 Å². The molecule has 0 saturated carbocycles. The highest BCUT2D eigenvalue weighted by Gasteiger charge is 2.21. The fourth-order valence-electron chi connectivity index (χ4n) is 2.39. The van der Waals surface area contributed by atoms with Crippen LogP contribution in [0.1, 0.15) is 24.0 Å². The lowest BCUT2D eigenvalue weighted by Gasteiger charge is -2.21. The average molecular weight is 306 g/mol. The van der Waals surface area contributed by atoms with Crippen molar-refractivity contribution >= 4 is 11.8 Å². The molecule has 2 N–H and O–H groups in total. The van der Waals surface area contributed by atoms with Crippen LogP contribution in [-0.2, 0) is 14.3 Å². The topological polar surface area (TPSA) is 76.7 Å². The Hall–Kier alpha value is -2.08. The van der Waals surface area contributed by atoms with Gasteiger partial charge in [-0.05, 0) is 49.9 Å². The summed E-state index contributed by atoms with van der Waals surface area (Å²) in [6, 6.07) is 5.75.